The number of rotatable bonds is 6. The number of para-hydroxylation sites is 1. The molecular weight excluding hydrogens is 312 g/mol. The van der Waals surface area contributed by atoms with Crippen LogP contribution < -0.4 is 10.6 Å². The highest BCUT2D eigenvalue weighted by Crippen LogP contribution is 2.29. The number of nitrogens with one attached hydrogen (secondary N) is 2. The van der Waals surface area contributed by atoms with Crippen molar-refractivity contribution in [3.63, 3.8) is 0 Å². The Hall–Kier alpha value is -2.10. The summed E-state index contributed by atoms with van der Waals surface area (Å²) in [5.41, 5.74) is 3.20. The molecule has 1 aliphatic rings. The summed E-state index contributed by atoms with van der Waals surface area (Å²) >= 11 is 0. The van der Waals surface area contributed by atoms with E-state index in [1.165, 1.54) is 18.4 Å². The lowest BCUT2D eigenvalue weighted by atomic mass is 9.86. The van der Waals surface area contributed by atoms with Crippen molar-refractivity contribution >= 4 is 17.5 Å². The Morgan fingerprint density at radius 3 is 2.52 bits per heavy atom. The molecule has 1 aromatic carbocycles. The lowest BCUT2D eigenvalue weighted by molar-refractivity contribution is -0.126. The van der Waals surface area contributed by atoms with Gasteiger partial charge in [-0.1, -0.05) is 50.6 Å². The fourth-order valence-corrected chi connectivity index (χ4v) is 3.14. The van der Waals surface area contributed by atoms with E-state index in [1.54, 1.807) is 0 Å². The van der Waals surface area contributed by atoms with Crippen LogP contribution in [0.5, 0.6) is 0 Å². The first-order valence-corrected chi connectivity index (χ1v) is 9.20. The molecule has 0 spiro atoms. The first-order chi connectivity index (χ1) is 11.9. The maximum Gasteiger partial charge on any atom is 0.233 e. The minimum atomic E-state index is -0.272. The molecule has 2 rings (SSSR count). The second kappa shape index (κ2) is 8.84. The number of allylic oxidation sites excluding steroid dienone is 1. The van der Waals surface area contributed by atoms with Crippen LogP contribution in [0.2, 0.25) is 0 Å². The number of benzene rings is 1. The van der Waals surface area contributed by atoms with Crippen molar-refractivity contribution in [2.75, 3.05) is 11.9 Å². The SMILES string of the molecule is CC(C)(C)c1ccccc1NC(=O)CC(=O)NCCC1=CCCCC1. The van der Waals surface area contributed by atoms with E-state index in [9.17, 15) is 9.59 Å². The van der Waals surface area contributed by atoms with Crippen molar-refractivity contribution in [2.24, 2.45) is 0 Å². The molecule has 0 atom stereocenters. The van der Waals surface area contributed by atoms with Crippen LogP contribution in [0, 0.1) is 0 Å². The van der Waals surface area contributed by atoms with Gasteiger partial charge >= 0.3 is 0 Å². The maximum atomic E-state index is 12.2. The summed E-state index contributed by atoms with van der Waals surface area (Å²) < 4.78 is 0. The number of hydrogen-bond donors (Lipinski definition) is 2. The minimum Gasteiger partial charge on any atom is -0.355 e. The molecule has 0 fully saturated rings. The molecule has 2 N–H and O–H groups in total. The Morgan fingerprint density at radius 2 is 1.84 bits per heavy atom. The molecule has 0 radical (unpaired) electrons. The van der Waals surface area contributed by atoms with Gasteiger partial charge in [0.2, 0.25) is 11.8 Å². The van der Waals surface area contributed by atoms with E-state index < -0.39 is 0 Å². The maximum absolute atomic E-state index is 12.2. The quantitative estimate of drug-likeness (QED) is 0.597. The monoisotopic (exact) mass is 342 g/mol. The average Bonchev–Trinajstić information content (AvgIpc) is 2.55. The van der Waals surface area contributed by atoms with Gasteiger partial charge in [-0.05, 0) is 49.1 Å². The lowest BCUT2D eigenvalue weighted by Crippen LogP contribution is -2.29. The predicted molar refractivity (Wildman–Crippen MR) is 103 cm³/mol. The number of carbonyl (C=O) groups excluding carboxylic acids is 2. The molecule has 0 unspecified atom stereocenters. The molecular formula is C21H30N2O2. The van der Waals surface area contributed by atoms with Crippen molar-refractivity contribution < 1.29 is 9.59 Å². The third-order valence-corrected chi connectivity index (χ3v) is 4.48. The molecule has 0 aliphatic heterocycles. The lowest BCUT2D eigenvalue weighted by Gasteiger charge is -2.23. The van der Waals surface area contributed by atoms with Gasteiger partial charge in [-0.3, -0.25) is 9.59 Å². The van der Waals surface area contributed by atoms with E-state index in [4.69, 9.17) is 0 Å². The van der Waals surface area contributed by atoms with Gasteiger partial charge in [-0.2, -0.15) is 0 Å². The summed E-state index contributed by atoms with van der Waals surface area (Å²) in [6.45, 7) is 6.91. The van der Waals surface area contributed by atoms with E-state index in [1.807, 2.05) is 24.3 Å². The van der Waals surface area contributed by atoms with Gasteiger partial charge in [0.1, 0.15) is 6.42 Å². The largest absolute Gasteiger partial charge is 0.355 e. The average molecular weight is 342 g/mol. The zero-order valence-electron chi connectivity index (χ0n) is 15.7. The van der Waals surface area contributed by atoms with Gasteiger partial charge in [-0.15, -0.1) is 0 Å². The van der Waals surface area contributed by atoms with E-state index in [2.05, 4.69) is 37.5 Å². The first kappa shape index (κ1) is 19.2. The fourth-order valence-electron chi connectivity index (χ4n) is 3.14. The van der Waals surface area contributed by atoms with E-state index in [-0.39, 0.29) is 23.7 Å². The molecule has 25 heavy (non-hydrogen) atoms. The molecule has 1 aliphatic carbocycles. The second-order valence-electron chi connectivity index (χ2n) is 7.73. The second-order valence-corrected chi connectivity index (χ2v) is 7.73. The van der Waals surface area contributed by atoms with E-state index in [0.29, 0.717) is 6.54 Å². The van der Waals surface area contributed by atoms with Crippen LogP contribution in [0.4, 0.5) is 5.69 Å². The molecule has 0 saturated carbocycles. The van der Waals surface area contributed by atoms with Crippen LogP contribution in [-0.2, 0) is 15.0 Å². The summed E-state index contributed by atoms with van der Waals surface area (Å²) in [7, 11) is 0. The van der Waals surface area contributed by atoms with Crippen LogP contribution in [0.1, 0.15) is 64.9 Å². The molecule has 2 amide bonds. The predicted octanol–water partition coefficient (Wildman–Crippen LogP) is 4.32. The third kappa shape index (κ3) is 6.37. The highest BCUT2D eigenvalue weighted by Gasteiger charge is 2.19. The molecule has 136 valence electrons. The molecule has 0 saturated heterocycles. The van der Waals surface area contributed by atoms with E-state index in [0.717, 1.165) is 30.5 Å². The van der Waals surface area contributed by atoms with Crippen LogP contribution in [-0.4, -0.2) is 18.4 Å². The summed E-state index contributed by atoms with van der Waals surface area (Å²) in [4.78, 5) is 24.2. The van der Waals surface area contributed by atoms with Gasteiger partial charge in [0.25, 0.3) is 0 Å². The Labute approximate surface area is 151 Å². The van der Waals surface area contributed by atoms with Crippen LogP contribution in [0.3, 0.4) is 0 Å². The molecule has 1 aromatic rings. The van der Waals surface area contributed by atoms with Crippen LogP contribution >= 0.6 is 0 Å². The van der Waals surface area contributed by atoms with Crippen molar-refractivity contribution in [1.82, 2.24) is 5.32 Å². The summed E-state index contributed by atoms with van der Waals surface area (Å²) in [5, 5.41) is 5.73. The van der Waals surface area contributed by atoms with E-state index >= 15 is 0 Å². The summed E-state index contributed by atoms with van der Waals surface area (Å²) in [6, 6.07) is 7.74. The smallest absolute Gasteiger partial charge is 0.233 e. The zero-order chi connectivity index (χ0) is 18.3. The normalized spacial score (nSPS) is 14.6. The number of anilines is 1. The number of hydrogen-bond acceptors (Lipinski definition) is 2. The Morgan fingerprint density at radius 1 is 1.08 bits per heavy atom. The molecule has 4 nitrogen and oxygen atoms in total. The fraction of sp³-hybridized carbons (Fsp3) is 0.524. The van der Waals surface area contributed by atoms with Crippen LogP contribution in [0.25, 0.3) is 0 Å². The van der Waals surface area contributed by atoms with Crippen molar-refractivity contribution in [3.05, 3.63) is 41.5 Å². The Bertz CT molecular complexity index is 642. The van der Waals surface area contributed by atoms with Gasteiger partial charge in [0.05, 0.1) is 0 Å². The standard InChI is InChI=1S/C21H30N2O2/c1-21(2,3)17-11-7-8-12-18(17)23-20(25)15-19(24)22-14-13-16-9-5-4-6-10-16/h7-9,11-12H,4-6,10,13-15H2,1-3H3,(H,22,24)(H,23,25). The topological polar surface area (TPSA) is 58.2 Å². The van der Waals surface area contributed by atoms with Crippen molar-refractivity contribution in [3.8, 4) is 0 Å². The first-order valence-electron chi connectivity index (χ1n) is 9.20. The molecule has 4 heteroatoms. The number of carbonyl (C=O) groups is 2. The van der Waals surface area contributed by atoms with Crippen molar-refractivity contribution in [1.29, 1.82) is 0 Å². The van der Waals surface area contributed by atoms with Crippen LogP contribution in [0.15, 0.2) is 35.9 Å². The van der Waals surface area contributed by atoms with Gasteiger partial charge in [0, 0.05) is 12.2 Å². The molecule has 0 aromatic heterocycles. The van der Waals surface area contributed by atoms with Crippen molar-refractivity contribution in [2.45, 2.75) is 64.7 Å². The molecule has 0 heterocycles. The highest BCUT2D eigenvalue weighted by molar-refractivity contribution is 6.03. The van der Waals surface area contributed by atoms with Gasteiger partial charge in [0.15, 0.2) is 0 Å². The highest BCUT2D eigenvalue weighted by atomic mass is 16.2. The third-order valence-electron chi connectivity index (χ3n) is 4.48. The number of amides is 2. The zero-order valence-corrected chi connectivity index (χ0v) is 15.7. The summed E-state index contributed by atoms with van der Waals surface area (Å²) in [5.74, 6) is -0.492. The Balaban J connectivity index is 1.80. The Kier molecular flexibility index (Phi) is 6.80. The molecule has 0 bridgehead atoms. The minimum absolute atomic E-state index is 0.0696. The summed E-state index contributed by atoms with van der Waals surface area (Å²) in [6.07, 6.45) is 7.84. The van der Waals surface area contributed by atoms with Gasteiger partial charge < -0.3 is 10.6 Å². The van der Waals surface area contributed by atoms with Gasteiger partial charge in [-0.25, -0.2) is 0 Å².